The number of methoxy groups -OCH3 is 1. The summed E-state index contributed by atoms with van der Waals surface area (Å²) in [6.07, 6.45) is 3.06. The average molecular weight is 444 g/mol. The lowest BCUT2D eigenvalue weighted by molar-refractivity contribution is -1.12. The summed E-state index contributed by atoms with van der Waals surface area (Å²) in [6, 6.07) is 14.9. The fourth-order valence-electron chi connectivity index (χ4n) is 4.32. The molecule has 1 fully saturated rings. The van der Waals surface area contributed by atoms with Gasteiger partial charge in [-0.2, -0.15) is 10.3 Å². The van der Waals surface area contributed by atoms with Crippen LogP contribution < -0.4 is 14.9 Å². The number of hydroxylamine groups is 1. The van der Waals surface area contributed by atoms with E-state index in [-0.39, 0.29) is 17.1 Å². The van der Waals surface area contributed by atoms with Crippen LogP contribution in [0.25, 0.3) is 0 Å². The van der Waals surface area contributed by atoms with Gasteiger partial charge in [-0.3, -0.25) is 5.01 Å². The summed E-state index contributed by atoms with van der Waals surface area (Å²) in [4.78, 5) is 13.3. The Kier molecular flexibility index (Phi) is 6.57. The zero-order valence-electron chi connectivity index (χ0n) is 17.8. The summed E-state index contributed by atoms with van der Waals surface area (Å²) in [5.74, 6) is 0.0959. The lowest BCUT2D eigenvalue weighted by Gasteiger charge is -2.28. The summed E-state index contributed by atoms with van der Waals surface area (Å²) in [7, 11) is 1.63. The number of halogens is 1. The molecule has 2 aromatic carbocycles. The van der Waals surface area contributed by atoms with Gasteiger partial charge in [-0.15, -0.1) is 5.01 Å². The second-order valence-electron chi connectivity index (χ2n) is 7.99. The van der Waals surface area contributed by atoms with E-state index in [1.54, 1.807) is 23.2 Å². The van der Waals surface area contributed by atoms with Crippen LogP contribution >= 0.6 is 11.6 Å². The van der Waals surface area contributed by atoms with E-state index in [9.17, 15) is 10.0 Å². The van der Waals surface area contributed by atoms with E-state index in [0.717, 1.165) is 36.3 Å². The van der Waals surface area contributed by atoms with Crippen LogP contribution in [0, 0.1) is 5.92 Å². The number of nitrogens with one attached hydrogen (secondary N) is 1. The molecule has 0 spiro atoms. The highest BCUT2D eigenvalue weighted by Crippen LogP contribution is 2.41. The number of hydrazone groups is 1. The number of piperidine rings is 1. The van der Waals surface area contributed by atoms with Gasteiger partial charge in [-0.1, -0.05) is 49.2 Å². The second kappa shape index (κ2) is 9.36. The van der Waals surface area contributed by atoms with Gasteiger partial charge in [0.15, 0.2) is 5.71 Å². The number of hydrogen-bond donors (Lipinski definition) is 2. The van der Waals surface area contributed by atoms with E-state index in [1.165, 1.54) is 0 Å². The lowest BCUT2D eigenvalue weighted by atomic mass is 9.91. The van der Waals surface area contributed by atoms with Crippen LogP contribution in [0.4, 0.5) is 5.69 Å². The number of carbonyl (C=O) groups is 1. The molecular weight excluding hydrogens is 416 g/mol. The van der Waals surface area contributed by atoms with Crippen molar-refractivity contribution < 1.29 is 19.9 Å². The third-order valence-corrected chi connectivity index (χ3v) is 6.35. The molecule has 0 aromatic heterocycles. The third-order valence-electron chi connectivity index (χ3n) is 6.03. The van der Waals surface area contributed by atoms with E-state index in [2.05, 4.69) is 0 Å². The molecule has 7 nitrogen and oxygen atoms in total. The maximum atomic E-state index is 13.3. The molecule has 2 heterocycles. The van der Waals surface area contributed by atoms with Crippen molar-refractivity contribution in [2.45, 2.75) is 32.2 Å². The molecule has 2 aliphatic rings. The van der Waals surface area contributed by atoms with Crippen molar-refractivity contribution in [1.82, 2.24) is 5.01 Å². The highest BCUT2D eigenvalue weighted by molar-refractivity contribution is 6.37. The van der Waals surface area contributed by atoms with Gasteiger partial charge in [0.2, 0.25) is 0 Å². The van der Waals surface area contributed by atoms with Crippen molar-refractivity contribution >= 4 is 28.9 Å². The smallest absolute Gasteiger partial charge is 0.412 e. The standard InChI is InChI=1S/C23H27ClN4O3/c1-16-21(23(29)28(30)26-14-6-3-7-15-26)25-27(20-9-5-4-8-19(20)24)22(16)17-10-12-18(31-2)13-11-17/h4-5,8-13,16,22,30H,3,6-7,14-15H2,1-2H3/p+1/t16-,22+/m0/s1. The zero-order valence-corrected chi connectivity index (χ0v) is 18.5. The monoisotopic (exact) mass is 443 g/mol. The molecule has 1 saturated heterocycles. The number of anilines is 1. The summed E-state index contributed by atoms with van der Waals surface area (Å²) in [5.41, 5.74) is 2.04. The van der Waals surface area contributed by atoms with Crippen LogP contribution in [0.2, 0.25) is 5.02 Å². The van der Waals surface area contributed by atoms with E-state index in [4.69, 9.17) is 21.4 Å². The quantitative estimate of drug-likeness (QED) is 0.549. The molecular formula is C23H28ClN4O3+. The highest BCUT2D eigenvalue weighted by atomic mass is 35.5. The average Bonchev–Trinajstić information content (AvgIpc) is 3.15. The molecule has 0 saturated carbocycles. The van der Waals surface area contributed by atoms with Crippen LogP contribution in [0.15, 0.2) is 53.6 Å². The Morgan fingerprint density at radius 2 is 1.81 bits per heavy atom. The van der Waals surface area contributed by atoms with Crippen molar-refractivity contribution in [3.63, 3.8) is 0 Å². The van der Waals surface area contributed by atoms with Gasteiger partial charge in [0.1, 0.15) is 5.75 Å². The fourth-order valence-corrected chi connectivity index (χ4v) is 4.54. The molecule has 2 aliphatic heterocycles. The fraction of sp³-hybridized carbons (Fsp3) is 0.391. The summed E-state index contributed by atoms with van der Waals surface area (Å²) in [6.45, 7) is 3.34. The van der Waals surface area contributed by atoms with Crippen molar-refractivity contribution in [3.05, 3.63) is 59.1 Å². The van der Waals surface area contributed by atoms with Gasteiger partial charge in [0.25, 0.3) is 0 Å². The maximum absolute atomic E-state index is 13.3. The molecule has 8 heteroatoms. The molecule has 0 radical (unpaired) electrons. The number of nitrogens with zero attached hydrogens (tertiary/aromatic N) is 3. The summed E-state index contributed by atoms with van der Waals surface area (Å²) >= 11 is 6.49. The lowest BCUT2D eigenvalue weighted by Crippen LogP contribution is -3.19. The summed E-state index contributed by atoms with van der Waals surface area (Å²) in [5, 5.41) is 19.3. The van der Waals surface area contributed by atoms with E-state index < -0.39 is 5.91 Å². The molecule has 0 bridgehead atoms. The predicted molar refractivity (Wildman–Crippen MR) is 119 cm³/mol. The summed E-state index contributed by atoms with van der Waals surface area (Å²) < 4.78 is 5.29. The van der Waals surface area contributed by atoms with E-state index in [0.29, 0.717) is 23.8 Å². The van der Waals surface area contributed by atoms with Crippen molar-refractivity contribution in [2.75, 3.05) is 25.2 Å². The van der Waals surface area contributed by atoms with Gasteiger partial charge in [-0.25, -0.2) is 4.79 Å². The number of hydrogen-bond acceptors (Lipinski definition) is 6. The van der Waals surface area contributed by atoms with Gasteiger partial charge in [0.05, 0.1) is 37.0 Å². The minimum atomic E-state index is -0.414. The molecule has 0 aliphatic carbocycles. The molecule has 3 atom stereocenters. The van der Waals surface area contributed by atoms with Crippen molar-refractivity contribution in [3.8, 4) is 5.75 Å². The first-order valence-corrected chi connectivity index (χ1v) is 11.0. The molecule has 31 heavy (non-hydrogen) atoms. The largest absolute Gasteiger partial charge is 0.497 e. The van der Waals surface area contributed by atoms with Crippen molar-refractivity contribution in [1.29, 1.82) is 0 Å². The first kappa shape index (κ1) is 21.8. The number of para-hydroxylation sites is 1. The minimum absolute atomic E-state index is 0.209. The SMILES string of the molecule is COc1ccc([C@H]2[C@@H](C)C(C(=O)[NH+](O)N3CCCCC3)=NN2c2ccccc2Cl)cc1. The van der Waals surface area contributed by atoms with E-state index in [1.807, 2.05) is 49.4 Å². The Balaban J connectivity index is 1.69. The number of quaternary nitrogens is 1. The minimum Gasteiger partial charge on any atom is -0.497 e. The number of benzene rings is 2. The second-order valence-corrected chi connectivity index (χ2v) is 8.40. The van der Waals surface area contributed by atoms with Crippen LogP contribution in [-0.4, -0.2) is 42.0 Å². The Morgan fingerprint density at radius 1 is 1.13 bits per heavy atom. The number of carbonyl (C=O) groups excluding carboxylic acids is 1. The zero-order chi connectivity index (χ0) is 22.0. The van der Waals surface area contributed by atoms with Crippen LogP contribution in [0.1, 0.15) is 37.8 Å². The van der Waals surface area contributed by atoms with Gasteiger partial charge >= 0.3 is 5.91 Å². The van der Waals surface area contributed by atoms with Crippen LogP contribution in [0.5, 0.6) is 5.75 Å². The molecule has 2 N–H and O–H groups in total. The third kappa shape index (κ3) is 4.32. The number of rotatable bonds is 5. The molecule has 1 amide bonds. The Morgan fingerprint density at radius 3 is 2.45 bits per heavy atom. The maximum Gasteiger partial charge on any atom is 0.412 e. The number of amides is 1. The van der Waals surface area contributed by atoms with Crippen LogP contribution in [0.3, 0.4) is 0 Å². The van der Waals surface area contributed by atoms with Gasteiger partial charge < -0.3 is 4.74 Å². The molecule has 2 aromatic rings. The first-order valence-electron chi connectivity index (χ1n) is 10.6. The van der Waals surface area contributed by atoms with Crippen LogP contribution in [-0.2, 0) is 4.79 Å². The topological polar surface area (TPSA) is 69.8 Å². The highest BCUT2D eigenvalue weighted by Gasteiger charge is 2.45. The van der Waals surface area contributed by atoms with Crippen molar-refractivity contribution in [2.24, 2.45) is 11.0 Å². The normalized spacial score (nSPS) is 22.8. The molecule has 1 unspecified atom stereocenters. The Bertz CT molecular complexity index is 960. The predicted octanol–water partition coefficient (Wildman–Crippen LogP) is 3.10. The first-order chi connectivity index (χ1) is 15.0. The van der Waals surface area contributed by atoms with Gasteiger partial charge in [-0.05, 0) is 47.8 Å². The number of ether oxygens (including phenoxy) is 1. The van der Waals surface area contributed by atoms with Gasteiger partial charge in [0, 0.05) is 5.92 Å². The molecule has 4 rings (SSSR count). The van der Waals surface area contributed by atoms with E-state index >= 15 is 0 Å². The Hall–Kier alpha value is -2.45. The Labute approximate surface area is 187 Å². The molecule has 164 valence electrons.